The van der Waals surface area contributed by atoms with Crippen LogP contribution in [0.1, 0.15) is 46.0 Å². The minimum absolute atomic E-state index is 0.0364. The van der Waals surface area contributed by atoms with Crippen LogP contribution in [0.5, 0.6) is 0 Å². The Morgan fingerprint density at radius 2 is 2.05 bits per heavy atom. The quantitative estimate of drug-likeness (QED) is 0.410. The summed E-state index contributed by atoms with van der Waals surface area (Å²) in [6, 6.07) is 0. The topological polar surface area (TPSA) is 66.8 Å². The summed E-state index contributed by atoms with van der Waals surface area (Å²) in [5, 5.41) is 19.7. The predicted molar refractivity (Wildman–Crippen MR) is 82.6 cm³/mol. The van der Waals surface area contributed by atoms with Crippen molar-refractivity contribution in [3.05, 3.63) is 24.8 Å². The van der Waals surface area contributed by atoms with Crippen molar-refractivity contribution in [2.75, 3.05) is 0 Å². The fourth-order valence-corrected chi connectivity index (χ4v) is 2.82. The Bertz CT molecular complexity index is 362. The number of carbonyl (C=O) groups excluding carboxylic acids is 1. The predicted octanol–water partition coefficient (Wildman–Crippen LogP) is 2.60. The summed E-state index contributed by atoms with van der Waals surface area (Å²) in [5.74, 6) is -0.148. The van der Waals surface area contributed by atoms with Crippen LogP contribution in [0.2, 0.25) is 0 Å². The fraction of sp³-hybridized carbons (Fsp3) is 0.706. The first-order valence-corrected chi connectivity index (χ1v) is 7.78. The van der Waals surface area contributed by atoms with Gasteiger partial charge in [-0.05, 0) is 39.0 Å². The lowest BCUT2D eigenvalue weighted by Gasteiger charge is -2.18. The van der Waals surface area contributed by atoms with Gasteiger partial charge in [0.2, 0.25) is 0 Å². The van der Waals surface area contributed by atoms with Crippen LogP contribution in [0, 0.1) is 11.8 Å². The summed E-state index contributed by atoms with van der Waals surface area (Å²) in [6.45, 7) is 7.42. The smallest absolute Gasteiger partial charge is 0.306 e. The standard InChI is InChI=1S/C17H28O4/c1-4-13-14(16(19)11-15(13)18)9-7-5-6-8-10-17(20)21-12(2)3/h4-5,7,12-16,18-19H,1,6,8-11H2,2-3H3/b7-5-/t13-,14-,15-,16+/m1/s1. The molecule has 0 unspecified atom stereocenters. The summed E-state index contributed by atoms with van der Waals surface area (Å²) in [5.41, 5.74) is 0. The molecule has 0 saturated heterocycles. The Labute approximate surface area is 127 Å². The van der Waals surface area contributed by atoms with Crippen molar-refractivity contribution in [3.8, 4) is 0 Å². The molecule has 0 bridgehead atoms. The summed E-state index contributed by atoms with van der Waals surface area (Å²) >= 11 is 0. The largest absolute Gasteiger partial charge is 0.463 e. The second kappa shape index (κ2) is 9.00. The number of rotatable bonds is 8. The zero-order chi connectivity index (χ0) is 15.8. The van der Waals surface area contributed by atoms with Crippen molar-refractivity contribution in [3.63, 3.8) is 0 Å². The number of hydrogen-bond donors (Lipinski definition) is 2. The van der Waals surface area contributed by atoms with Crippen molar-refractivity contribution in [2.24, 2.45) is 11.8 Å². The van der Waals surface area contributed by atoms with E-state index in [-0.39, 0.29) is 23.9 Å². The minimum Gasteiger partial charge on any atom is -0.463 e. The molecule has 0 radical (unpaired) electrons. The Morgan fingerprint density at radius 3 is 2.67 bits per heavy atom. The van der Waals surface area contributed by atoms with Crippen molar-refractivity contribution in [2.45, 2.75) is 64.3 Å². The molecular weight excluding hydrogens is 268 g/mol. The number of carbonyl (C=O) groups is 1. The molecule has 0 amide bonds. The highest BCUT2D eigenvalue weighted by Crippen LogP contribution is 2.35. The van der Waals surface area contributed by atoms with Gasteiger partial charge in [-0.3, -0.25) is 4.79 Å². The van der Waals surface area contributed by atoms with E-state index in [4.69, 9.17) is 4.74 Å². The van der Waals surface area contributed by atoms with Crippen molar-refractivity contribution in [1.82, 2.24) is 0 Å². The van der Waals surface area contributed by atoms with E-state index in [1.54, 1.807) is 6.08 Å². The average molecular weight is 296 g/mol. The molecule has 4 heteroatoms. The van der Waals surface area contributed by atoms with Crippen LogP contribution < -0.4 is 0 Å². The maximum Gasteiger partial charge on any atom is 0.306 e. The van der Waals surface area contributed by atoms with E-state index in [0.717, 1.165) is 19.3 Å². The molecule has 120 valence electrons. The molecule has 0 spiro atoms. The molecule has 21 heavy (non-hydrogen) atoms. The van der Waals surface area contributed by atoms with E-state index < -0.39 is 12.2 Å². The van der Waals surface area contributed by atoms with Gasteiger partial charge >= 0.3 is 5.97 Å². The third-order valence-corrected chi connectivity index (χ3v) is 3.88. The highest BCUT2D eigenvalue weighted by Gasteiger charge is 2.38. The van der Waals surface area contributed by atoms with Gasteiger partial charge in [-0.15, -0.1) is 6.58 Å². The Hall–Kier alpha value is -1.13. The van der Waals surface area contributed by atoms with Gasteiger partial charge in [0.25, 0.3) is 0 Å². The molecule has 0 aromatic heterocycles. The molecule has 0 aliphatic heterocycles. The van der Waals surface area contributed by atoms with Gasteiger partial charge in [0.15, 0.2) is 0 Å². The van der Waals surface area contributed by atoms with Crippen molar-refractivity contribution >= 4 is 5.97 Å². The lowest BCUT2D eigenvalue weighted by molar-refractivity contribution is -0.147. The number of allylic oxidation sites excluding steroid dienone is 2. The Kier molecular flexibility index (Phi) is 7.68. The zero-order valence-corrected chi connectivity index (χ0v) is 13.1. The SMILES string of the molecule is C=C[C@@H]1[C@@H](C/C=C\CCCC(=O)OC(C)C)[C@@H](O)C[C@H]1O. The number of aliphatic hydroxyl groups excluding tert-OH is 2. The summed E-state index contributed by atoms with van der Waals surface area (Å²) in [6.07, 6.45) is 7.96. The molecule has 1 aliphatic carbocycles. The molecule has 1 rings (SSSR count). The van der Waals surface area contributed by atoms with Crippen molar-refractivity contribution < 1.29 is 19.7 Å². The molecule has 1 aliphatic rings. The van der Waals surface area contributed by atoms with Crippen LogP contribution in [0.3, 0.4) is 0 Å². The van der Waals surface area contributed by atoms with Crippen LogP contribution >= 0.6 is 0 Å². The minimum atomic E-state index is -0.485. The van der Waals surface area contributed by atoms with E-state index in [2.05, 4.69) is 6.58 Å². The van der Waals surface area contributed by atoms with Crippen LogP contribution in [-0.2, 0) is 9.53 Å². The van der Waals surface area contributed by atoms with Gasteiger partial charge in [0.05, 0.1) is 18.3 Å². The molecule has 1 saturated carbocycles. The highest BCUT2D eigenvalue weighted by atomic mass is 16.5. The molecule has 4 nitrogen and oxygen atoms in total. The molecular formula is C17H28O4. The zero-order valence-electron chi connectivity index (χ0n) is 13.1. The van der Waals surface area contributed by atoms with Gasteiger partial charge in [0, 0.05) is 18.8 Å². The van der Waals surface area contributed by atoms with E-state index in [1.807, 2.05) is 26.0 Å². The number of aliphatic hydroxyl groups is 2. The number of esters is 1. The lowest BCUT2D eigenvalue weighted by atomic mass is 9.90. The molecule has 0 aromatic rings. The van der Waals surface area contributed by atoms with Crippen LogP contribution in [0.15, 0.2) is 24.8 Å². The van der Waals surface area contributed by atoms with Gasteiger partial charge in [0.1, 0.15) is 0 Å². The maximum absolute atomic E-state index is 11.3. The normalized spacial score (nSPS) is 29.2. The van der Waals surface area contributed by atoms with E-state index in [0.29, 0.717) is 12.8 Å². The van der Waals surface area contributed by atoms with Crippen LogP contribution in [0.25, 0.3) is 0 Å². The monoisotopic (exact) mass is 296 g/mol. The molecule has 1 fully saturated rings. The third-order valence-electron chi connectivity index (χ3n) is 3.88. The fourth-order valence-electron chi connectivity index (χ4n) is 2.82. The second-order valence-corrected chi connectivity index (χ2v) is 5.99. The van der Waals surface area contributed by atoms with Gasteiger partial charge in [-0.1, -0.05) is 18.2 Å². The molecule has 0 aromatic carbocycles. The Balaban J connectivity index is 2.23. The van der Waals surface area contributed by atoms with Gasteiger partial charge in [-0.2, -0.15) is 0 Å². The number of ether oxygens (including phenoxy) is 1. The number of hydrogen-bond acceptors (Lipinski definition) is 4. The van der Waals surface area contributed by atoms with E-state index in [9.17, 15) is 15.0 Å². The molecule has 0 heterocycles. The van der Waals surface area contributed by atoms with E-state index >= 15 is 0 Å². The average Bonchev–Trinajstić information content (AvgIpc) is 2.66. The first kappa shape index (κ1) is 17.9. The van der Waals surface area contributed by atoms with Gasteiger partial charge in [-0.25, -0.2) is 0 Å². The molecule has 4 atom stereocenters. The lowest BCUT2D eigenvalue weighted by Crippen LogP contribution is -2.19. The molecule has 2 N–H and O–H groups in total. The Morgan fingerprint density at radius 1 is 1.33 bits per heavy atom. The first-order valence-electron chi connectivity index (χ1n) is 7.78. The summed E-state index contributed by atoms with van der Waals surface area (Å²) in [7, 11) is 0. The number of unbranched alkanes of at least 4 members (excludes halogenated alkanes) is 1. The van der Waals surface area contributed by atoms with Crippen LogP contribution in [-0.4, -0.2) is 34.5 Å². The third kappa shape index (κ3) is 6.02. The first-order chi connectivity index (χ1) is 9.95. The van der Waals surface area contributed by atoms with Gasteiger partial charge < -0.3 is 14.9 Å². The van der Waals surface area contributed by atoms with E-state index in [1.165, 1.54) is 0 Å². The van der Waals surface area contributed by atoms with Crippen LogP contribution in [0.4, 0.5) is 0 Å². The van der Waals surface area contributed by atoms with Crippen molar-refractivity contribution in [1.29, 1.82) is 0 Å². The second-order valence-electron chi connectivity index (χ2n) is 5.99. The summed E-state index contributed by atoms with van der Waals surface area (Å²) in [4.78, 5) is 11.3. The highest BCUT2D eigenvalue weighted by molar-refractivity contribution is 5.69. The maximum atomic E-state index is 11.3. The summed E-state index contributed by atoms with van der Waals surface area (Å²) < 4.78 is 5.06.